The van der Waals surface area contributed by atoms with Crippen molar-refractivity contribution in [2.24, 2.45) is 11.8 Å². The van der Waals surface area contributed by atoms with E-state index in [9.17, 15) is 14.4 Å². The van der Waals surface area contributed by atoms with Gasteiger partial charge in [-0.2, -0.15) is 0 Å². The van der Waals surface area contributed by atoms with E-state index in [4.69, 9.17) is 4.74 Å². The summed E-state index contributed by atoms with van der Waals surface area (Å²) in [6.45, 7) is 7.17. The Kier molecular flexibility index (Phi) is 9.33. The number of aromatic nitrogens is 2. The molecule has 0 saturated carbocycles. The molecule has 250 valence electrons. The third kappa shape index (κ3) is 6.95. The lowest BCUT2D eigenvalue weighted by Gasteiger charge is -2.39. The number of benzene rings is 1. The third-order valence-corrected chi connectivity index (χ3v) is 10.9. The molecule has 4 aliphatic heterocycles. The molecule has 1 atom stereocenters. The van der Waals surface area contributed by atoms with Crippen molar-refractivity contribution in [3.8, 4) is 0 Å². The summed E-state index contributed by atoms with van der Waals surface area (Å²) in [6.07, 6.45) is 11.1. The molecule has 3 saturated heterocycles. The smallest absolute Gasteiger partial charge is 0.410 e. The van der Waals surface area contributed by atoms with Crippen LogP contribution >= 0.6 is 0 Å². The van der Waals surface area contributed by atoms with E-state index in [1.54, 1.807) is 11.1 Å². The van der Waals surface area contributed by atoms with Crippen molar-refractivity contribution in [3.05, 3.63) is 65.6 Å². The van der Waals surface area contributed by atoms with Gasteiger partial charge in [-0.15, -0.1) is 0 Å². The highest BCUT2D eigenvalue weighted by atomic mass is 16.6. The van der Waals surface area contributed by atoms with E-state index >= 15 is 0 Å². The van der Waals surface area contributed by atoms with Crippen LogP contribution in [0.1, 0.15) is 55.2 Å². The number of para-hydroxylation sites is 1. The number of aryl methyl sites for hydroxylation is 1. The highest BCUT2D eigenvalue weighted by Gasteiger charge is 2.36. The summed E-state index contributed by atoms with van der Waals surface area (Å²) in [5.41, 5.74) is 4.82. The number of imidazole rings is 1. The summed E-state index contributed by atoms with van der Waals surface area (Å²) in [6, 6.07) is 9.92. The average Bonchev–Trinajstić information content (AvgIpc) is 3.52. The Bertz CT molecular complexity index is 1580. The van der Waals surface area contributed by atoms with Crippen molar-refractivity contribution in [1.29, 1.82) is 0 Å². The summed E-state index contributed by atoms with van der Waals surface area (Å²) >= 11 is 0. The van der Waals surface area contributed by atoms with Crippen LogP contribution in [0.4, 0.5) is 15.3 Å². The number of urea groups is 1. The molecule has 1 aromatic carbocycles. The summed E-state index contributed by atoms with van der Waals surface area (Å²) in [5.74, 6) is 1.27. The Labute approximate surface area is 276 Å². The number of pyridine rings is 1. The number of hydrogen-bond donors (Lipinski definition) is 2. The topological polar surface area (TPSA) is 112 Å². The molecule has 0 unspecified atom stereocenters. The minimum atomic E-state index is -0.911. The first kappa shape index (κ1) is 31.5. The summed E-state index contributed by atoms with van der Waals surface area (Å²) in [7, 11) is 0. The van der Waals surface area contributed by atoms with Gasteiger partial charge in [0.1, 0.15) is 5.65 Å². The highest BCUT2D eigenvalue weighted by molar-refractivity contribution is 5.91. The van der Waals surface area contributed by atoms with Gasteiger partial charge in [0.15, 0.2) is 6.10 Å². The zero-order valence-corrected chi connectivity index (χ0v) is 27.4. The lowest BCUT2D eigenvalue weighted by molar-refractivity contribution is -0.142. The van der Waals surface area contributed by atoms with Crippen molar-refractivity contribution in [2.45, 2.75) is 70.4 Å². The fourth-order valence-electron chi connectivity index (χ4n) is 8.19. The van der Waals surface area contributed by atoms with Crippen LogP contribution < -0.4 is 10.6 Å². The first-order valence-corrected chi connectivity index (χ1v) is 17.5. The number of rotatable bonds is 6. The number of anilines is 1. The number of hydrogen-bond acceptors (Lipinski definition) is 6. The predicted octanol–water partition coefficient (Wildman–Crippen LogP) is 4.48. The SMILES string of the molecule is Cc1cc(C[C@@H](OC(=O)N2CCC(N3CCc4ccccc4NC3=O)CC2)C(=O)N2CCC(C3CCNCC3)CC2)cn2ccnc12. The number of fused-ring (bicyclic) bond motifs is 2. The molecule has 11 heteroatoms. The largest absolute Gasteiger partial charge is 0.436 e. The number of piperidine rings is 3. The van der Waals surface area contributed by atoms with Crippen molar-refractivity contribution in [1.82, 2.24) is 29.4 Å². The van der Waals surface area contributed by atoms with Gasteiger partial charge in [-0.3, -0.25) is 4.79 Å². The van der Waals surface area contributed by atoms with Gasteiger partial charge < -0.3 is 34.5 Å². The maximum absolute atomic E-state index is 14.1. The monoisotopic (exact) mass is 641 g/mol. The van der Waals surface area contributed by atoms with E-state index in [0.717, 1.165) is 66.3 Å². The van der Waals surface area contributed by atoms with Crippen LogP contribution in [0.2, 0.25) is 0 Å². The van der Waals surface area contributed by atoms with Gasteiger partial charge in [0.25, 0.3) is 5.91 Å². The Hall–Kier alpha value is -4.12. The summed E-state index contributed by atoms with van der Waals surface area (Å²) in [5, 5.41) is 6.52. The molecule has 3 fully saturated rings. The van der Waals surface area contributed by atoms with E-state index in [1.807, 2.05) is 57.8 Å². The molecule has 4 amide bonds. The van der Waals surface area contributed by atoms with Crippen molar-refractivity contribution < 1.29 is 19.1 Å². The number of amides is 4. The predicted molar refractivity (Wildman–Crippen MR) is 179 cm³/mol. The lowest BCUT2D eigenvalue weighted by atomic mass is 9.79. The van der Waals surface area contributed by atoms with Gasteiger partial charge in [-0.25, -0.2) is 14.6 Å². The molecule has 11 nitrogen and oxygen atoms in total. The van der Waals surface area contributed by atoms with E-state index in [-0.39, 0.29) is 18.0 Å². The Balaban J connectivity index is 1.00. The van der Waals surface area contributed by atoms with Gasteiger partial charge in [-0.1, -0.05) is 24.3 Å². The Morgan fingerprint density at radius 2 is 1.68 bits per heavy atom. The maximum atomic E-state index is 14.1. The fourth-order valence-corrected chi connectivity index (χ4v) is 8.19. The number of likely N-dealkylation sites (tertiary alicyclic amines) is 2. The quantitative estimate of drug-likeness (QED) is 0.411. The first-order valence-electron chi connectivity index (χ1n) is 17.5. The Morgan fingerprint density at radius 1 is 0.957 bits per heavy atom. The standard InChI is InChI=1S/C36H47N7O4/c1-25-22-26(24-42-21-15-38-33(25)42)23-32(34(44)40-16-8-28(9-17-40)27-6-13-37-14-7-27)47-36(46)41-18-11-30(12-19-41)43-20-10-29-4-2-3-5-31(29)39-35(43)45/h2-5,15,21-22,24,27-28,30,32,37H,6-14,16-20,23H2,1H3,(H,39,45)/t32-/m1/s1. The molecule has 47 heavy (non-hydrogen) atoms. The summed E-state index contributed by atoms with van der Waals surface area (Å²) in [4.78, 5) is 50.8. The van der Waals surface area contributed by atoms with Gasteiger partial charge in [0, 0.05) is 69.5 Å². The van der Waals surface area contributed by atoms with Crippen LogP contribution in [0.3, 0.4) is 0 Å². The van der Waals surface area contributed by atoms with E-state index in [0.29, 0.717) is 57.9 Å². The van der Waals surface area contributed by atoms with E-state index in [1.165, 1.54) is 12.8 Å². The van der Waals surface area contributed by atoms with Crippen molar-refractivity contribution in [3.63, 3.8) is 0 Å². The minimum Gasteiger partial charge on any atom is -0.436 e. The molecule has 0 aliphatic carbocycles. The normalized spacial score (nSPS) is 20.9. The van der Waals surface area contributed by atoms with E-state index in [2.05, 4.69) is 21.7 Å². The van der Waals surface area contributed by atoms with Crippen molar-refractivity contribution >= 4 is 29.4 Å². The van der Waals surface area contributed by atoms with Crippen LogP contribution in [0.5, 0.6) is 0 Å². The highest BCUT2D eigenvalue weighted by Crippen LogP contribution is 2.31. The second-order valence-electron chi connectivity index (χ2n) is 13.8. The molecular formula is C36H47N7O4. The molecule has 6 heterocycles. The minimum absolute atomic E-state index is 0.0388. The lowest BCUT2D eigenvalue weighted by Crippen LogP contribution is -2.52. The van der Waals surface area contributed by atoms with Crippen LogP contribution in [0.25, 0.3) is 5.65 Å². The molecule has 7 rings (SSSR count). The van der Waals surface area contributed by atoms with Crippen LogP contribution in [-0.4, -0.2) is 100 Å². The second kappa shape index (κ2) is 13.9. The van der Waals surface area contributed by atoms with Crippen LogP contribution in [0.15, 0.2) is 48.9 Å². The molecule has 2 aromatic heterocycles. The maximum Gasteiger partial charge on any atom is 0.410 e. The molecule has 3 aromatic rings. The molecule has 4 aliphatic rings. The van der Waals surface area contributed by atoms with E-state index < -0.39 is 12.2 Å². The zero-order chi connectivity index (χ0) is 32.3. The molecule has 0 radical (unpaired) electrons. The van der Waals surface area contributed by atoms with Crippen LogP contribution in [0, 0.1) is 18.8 Å². The number of nitrogens with zero attached hydrogens (tertiary/aromatic N) is 5. The van der Waals surface area contributed by atoms with Crippen LogP contribution in [-0.2, 0) is 22.4 Å². The molecule has 0 bridgehead atoms. The summed E-state index contributed by atoms with van der Waals surface area (Å²) < 4.78 is 8.08. The number of carbonyl (C=O) groups is 3. The molecule has 2 N–H and O–H groups in total. The van der Waals surface area contributed by atoms with Gasteiger partial charge >= 0.3 is 12.1 Å². The molecule has 0 spiro atoms. The first-order chi connectivity index (χ1) is 22.9. The number of nitrogens with one attached hydrogen (secondary N) is 2. The van der Waals surface area contributed by atoms with Gasteiger partial charge in [0.2, 0.25) is 0 Å². The van der Waals surface area contributed by atoms with Gasteiger partial charge in [0.05, 0.1) is 0 Å². The average molecular weight is 642 g/mol. The van der Waals surface area contributed by atoms with Crippen molar-refractivity contribution in [2.75, 3.05) is 51.1 Å². The number of carbonyl (C=O) groups excluding carboxylic acids is 3. The number of ether oxygens (including phenoxy) is 1. The second-order valence-corrected chi connectivity index (χ2v) is 13.8. The third-order valence-electron chi connectivity index (χ3n) is 10.9. The zero-order valence-electron chi connectivity index (χ0n) is 27.4. The fraction of sp³-hybridized carbons (Fsp3) is 0.556. The molecular weight excluding hydrogens is 594 g/mol. The Morgan fingerprint density at radius 3 is 2.47 bits per heavy atom. The van der Waals surface area contributed by atoms with Gasteiger partial charge in [-0.05, 0) is 99.6 Å².